The molecule has 2 aromatic rings. The van der Waals surface area contributed by atoms with Crippen LogP contribution in [0.4, 0.5) is 0 Å². The summed E-state index contributed by atoms with van der Waals surface area (Å²) < 4.78 is 27.6. The van der Waals surface area contributed by atoms with Crippen molar-refractivity contribution in [3.8, 4) is 29.1 Å². The fraction of sp³-hybridized carbons (Fsp3) is 0.462. The molecule has 0 aromatic heterocycles. The molecule has 3 rings (SSSR count). The van der Waals surface area contributed by atoms with Crippen LogP contribution in [0.2, 0.25) is 0 Å². The van der Waals surface area contributed by atoms with E-state index in [0.717, 1.165) is 0 Å². The van der Waals surface area contributed by atoms with E-state index in [1.165, 1.54) is 21.1 Å². The third kappa shape index (κ3) is 6.16. The van der Waals surface area contributed by atoms with Crippen molar-refractivity contribution in [3.05, 3.63) is 58.1 Å². The zero-order chi connectivity index (χ0) is 26.3. The largest absolute Gasteiger partial charge is 0.493 e. The van der Waals surface area contributed by atoms with Crippen LogP contribution in [0.3, 0.4) is 0 Å². The van der Waals surface area contributed by atoms with Crippen LogP contribution in [-0.2, 0) is 14.9 Å². The first-order chi connectivity index (χ1) is 17.2. The number of ether oxygens (including phenoxy) is 5. The lowest BCUT2D eigenvalue weighted by Crippen LogP contribution is -2.43. The Labute approximate surface area is 209 Å². The molecule has 1 aliphatic rings. The van der Waals surface area contributed by atoms with Gasteiger partial charge in [-0.05, 0) is 49.6 Å². The quantitative estimate of drug-likeness (QED) is 0.255. The first-order valence-electron chi connectivity index (χ1n) is 11.5. The molecular formula is C26H30N2O8. The Hall–Kier alpha value is -4.00. The van der Waals surface area contributed by atoms with Crippen molar-refractivity contribution in [1.82, 2.24) is 0 Å². The molecule has 0 amide bonds. The van der Waals surface area contributed by atoms with E-state index < -0.39 is 34.6 Å². The number of carbonyl (C=O) groups is 1. The molecule has 0 radical (unpaired) electrons. The molecule has 2 aromatic carbocycles. The number of esters is 1. The predicted molar refractivity (Wildman–Crippen MR) is 129 cm³/mol. The Morgan fingerprint density at radius 2 is 1.92 bits per heavy atom. The van der Waals surface area contributed by atoms with Crippen LogP contribution in [0.5, 0.6) is 23.0 Å². The zero-order valence-corrected chi connectivity index (χ0v) is 20.8. The van der Waals surface area contributed by atoms with Crippen LogP contribution in [0.15, 0.2) is 42.5 Å². The number of nitrogens with zero attached hydrogens (tertiary/aromatic N) is 2. The van der Waals surface area contributed by atoms with Crippen molar-refractivity contribution in [1.29, 1.82) is 5.26 Å². The highest BCUT2D eigenvalue weighted by atomic mass is 16.6. The molecule has 0 fully saturated rings. The number of methoxy groups -OCH3 is 2. The lowest BCUT2D eigenvalue weighted by molar-refractivity contribution is -0.536. The minimum absolute atomic E-state index is 0.0289. The van der Waals surface area contributed by atoms with E-state index in [1.807, 2.05) is 6.07 Å². The molecule has 0 bridgehead atoms. The van der Waals surface area contributed by atoms with E-state index in [0.29, 0.717) is 28.6 Å². The number of rotatable bonds is 11. The molecule has 0 N–H and O–H groups in total. The monoisotopic (exact) mass is 498 g/mol. The minimum Gasteiger partial charge on any atom is -0.493 e. The van der Waals surface area contributed by atoms with Crippen LogP contribution in [-0.4, -0.2) is 50.0 Å². The maximum absolute atomic E-state index is 12.1. The molecule has 36 heavy (non-hydrogen) atoms. The van der Waals surface area contributed by atoms with Crippen LogP contribution in [0.25, 0.3) is 0 Å². The molecule has 0 saturated heterocycles. The highest BCUT2D eigenvalue weighted by Crippen LogP contribution is 2.37. The Kier molecular flexibility index (Phi) is 8.59. The third-order valence-corrected chi connectivity index (χ3v) is 6.29. The Morgan fingerprint density at radius 3 is 2.53 bits per heavy atom. The highest BCUT2D eigenvalue weighted by molar-refractivity contribution is 5.66. The summed E-state index contributed by atoms with van der Waals surface area (Å²) in [7, 11) is 3.02. The molecule has 0 saturated carbocycles. The van der Waals surface area contributed by atoms with Crippen molar-refractivity contribution in [2.45, 2.75) is 56.8 Å². The Morgan fingerprint density at radius 1 is 1.22 bits per heavy atom. The predicted octanol–water partition coefficient (Wildman–Crippen LogP) is 4.07. The summed E-state index contributed by atoms with van der Waals surface area (Å²) in [5.41, 5.74) is -0.370. The second kappa shape index (κ2) is 11.6. The number of hydrogen-bond donors (Lipinski definition) is 0. The molecule has 4 unspecified atom stereocenters. The number of para-hydroxylation sites is 2. The van der Waals surface area contributed by atoms with Crippen molar-refractivity contribution in [2.75, 3.05) is 20.8 Å². The normalized spacial score (nSPS) is 17.6. The number of nitro groups is 1. The van der Waals surface area contributed by atoms with Gasteiger partial charge in [0.2, 0.25) is 0 Å². The van der Waals surface area contributed by atoms with Gasteiger partial charge in [0, 0.05) is 11.8 Å². The fourth-order valence-corrected chi connectivity index (χ4v) is 4.24. The number of benzene rings is 2. The van der Waals surface area contributed by atoms with Crippen LogP contribution in [0, 0.1) is 21.4 Å². The van der Waals surface area contributed by atoms with E-state index in [2.05, 4.69) is 6.07 Å². The van der Waals surface area contributed by atoms with Crippen molar-refractivity contribution >= 4 is 5.97 Å². The maximum atomic E-state index is 12.1. The average Bonchev–Trinajstić information content (AvgIpc) is 2.88. The summed E-state index contributed by atoms with van der Waals surface area (Å²) >= 11 is 0. The minimum atomic E-state index is -1.25. The maximum Gasteiger partial charge on any atom is 0.303 e. The SMILES string of the molecule is COc1ccc(C(C)(C#N)CCC(OC(C)=O)C(CC2COc3ccccc3O2)[N+](=O)[O-])cc1OC. The summed E-state index contributed by atoms with van der Waals surface area (Å²) in [6.45, 7) is 3.07. The summed E-state index contributed by atoms with van der Waals surface area (Å²) in [6, 6.07) is 13.3. The Balaban J connectivity index is 1.79. The smallest absolute Gasteiger partial charge is 0.303 e. The second-order valence-electron chi connectivity index (χ2n) is 8.79. The first kappa shape index (κ1) is 26.6. The molecule has 10 heteroatoms. The summed E-state index contributed by atoms with van der Waals surface area (Å²) in [6.07, 6.45) is -1.40. The van der Waals surface area contributed by atoms with E-state index >= 15 is 0 Å². The fourth-order valence-electron chi connectivity index (χ4n) is 4.24. The van der Waals surface area contributed by atoms with Gasteiger partial charge >= 0.3 is 5.97 Å². The van der Waals surface area contributed by atoms with Crippen LogP contribution < -0.4 is 18.9 Å². The number of hydrogen-bond acceptors (Lipinski definition) is 9. The van der Waals surface area contributed by atoms with Gasteiger partial charge in [0.25, 0.3) is 6.04 Å². The van der Waals surface area contributed by atoms with Gasteiger partial charge in [-0.15, -0.1) is 0 Å². The van der Waals surface area contributed by atoms with Crippen molar-refractivity contribution in [3.63, 3.8) is 0 Å². The van der Waals surface area contributed by atoms with E-state index in [-0.39, 0.29) is 25.9 Å². The van der Waals surface area contributed by atoms with E-state index in [9.17, 15) is 20.2 Å². The molecule has 0 aliphatic carbocycles. The molecular weight excluding hydrogens is 468 g/mol. The van der Waals surface area contributed by atoms with Gasteiger partial charge in [-0.2, -0.15) is 5.26 Å². The standard InChI is InChI=1S/C26H30N2O8/c1-17(29)35-21(11-12-26(2,16-27)18-9-10-22(32-3)25(13-18)33-4)20(28(30)31)14-19-15-34-23-7-5-6-8-24(23)36-19/h5-10,13,19-21H,11-12,14-15H2,1-4H3. The summed E-state index contributed by atoms with van der Waals surface area (Å²) in [5.74, 6) is 1.42. The number of carbonyl (C=O) groups excluding carboxylic acids is 1. The summed E-state index contributed by atoms with van der Waals surface area (Å²) in [4.78, 5) is 23.5. The van der Waals surface area contributed by atoms with Gasteiger partial charge in [0.05, 0.1) is 32.1 Å². The number of fused-ring (bicyclic) bond motifs is 1. The number of nitriles is 1. The molecule has 0 spiro atoms. The lowest BCUT2D eigenvalue weighted by Gasteiger charge is -2.30. The van der Waals surface area contributed by atoms with E-state index in [4.69, 9.17) is 23.7 Å². The third-order valence-electron chi connectivity index (χ3n) is 6.29. The highest BCUT2D eigenvalue weighted by Gasteiger charge is 2.40. The summed E-state index contributed by atoms with van der Waals surface area (Å²) in [5, 5.41) is 22.1. The zero-order valence-electron chi connectivity index (χ0n) is 20.8. The topological polar surface area (TPSA) is 130 Å². The van der Waals surface area contributed by atoms with Gasteiger partial charge in [0.15, 0.2) is 29.1 Å². The van der Waals surface area contributed by atoms with Crippen molar-refractivity contribution in [2.24, 2.45) is 0 Å². The Bertz CT molecular complexity index is 1130. The lowest BCUT2D eigenvalue weighted by atomic mass is 9.78. The molecule has 10 nitrogen and oxygen atoms in total. The van der Waals surface area contributed by atoms with Gasteiger partial charge in [-0.1, -0.05) is 18.2 Å². The average molecular weight is 499 g/mol. The van der Waals surface area contributed by atoms with E-state index in [1.54, 1.807) is 43.3 Å². The van der Waals surface area contributed by atoms with Gasteiger partial charge in [-0.3, -0.25) is 14.9 Å². The van der Waals surface area contributed by atoms with Gasteiger partial charge in [-0.25, -0.2) is 0 Å². The van der Waals surface area contributed by atoms with Crippen LogP contribution in [0.1, 0.15) is 38.7 Å². The second-order valence-corrected chi connectivity index (χ2v) is 8.79. The molecule has 1 aliphatic heterocycles. The molecule has 4 atom stereocenters. The molecule has 192 valence electrons. The first-order valence-corrected chi connectivity index (χ1v) is 11.5. The van der Waals surface area contributed by atoms with Gasteiger partial charge < -0.3 is 23.7 Å². The van der Waals surface area contributed by atoms with Crippen LogP contribution >= 0.6 is 0 Å². The van der Waals surface area contributed by atoms with Gasteiger partial charge in [0.1, 0.15) is 12.7 Å². The molecule has 1 heterocycles. The van der Waals surface area contributed by atoms with Crippen molar-refractivity contribution < 1.29 is 33.4 Å².